The number of hydrogen-bond acceptors (Lipinski definition) is 4. The van der Waals surface area contributed by atoms with Gasteiger partial charge in [0.25, 0.3) is 11.5 Å². The number of nitrogens with one attached hydrogen (secondary N) is 1. The third kappa shape index (κ3) is 3.35. The van der Waals surface area contributed by atoms with Gasteiger partial charge in [0.2, 0.25) is 0 Å². The lowest BCUT2D eigenvalue weighted by Gasteiger charge is -2.12. The molecule has 162 valence electrons. The molecule has 0 unspecified atom stereocenters. The molecule has 1 amide bonds. The summed E-state index contributed by atoms with van der Waals surface area (Å²) in [5.74, 6) is -1.61. The molecule has 0 radical (unpaired) electrons. The van der Waals surface area contributed by atoms with E-state index in [2.05, 4.69) is 15.5 Å². The minimum atomic E-state index is -0.805. The second-order valence-electron chi connectivity index (χ2n) is 7.98. The van der Waals surface area contributed by atoms with Crippen LogP contribution in [-0.2, 0) is 7.05 Å². The van der Waals surface area contributed by atoms with E-state index < -0.39 is 11.6 Å². The number of aryl methyl sites for hydroxylation is 2. The first-order valence-corrected chi connectivity index (χ1v) is 10.2. The zero-order valence-corrected chi connectivity index (χ0v) is 17.4. The normalized spacial score (nSPS) is 13.5. The smallest absolute Gasteiger partial charge is 0.273 e. The highest BCUT2D eigenvalue weighted by atomic mass is 19.1. The third-order valence-corrected chi connectivity index (χ3v) is 5.64. The summed E-state index contributed by atoms with van der Waals surface area (Å²) in [6, 6.07) is 10.1. The van der Waals surface area contributed by atoms with Crippen LogP contribution in [0.4, 0.5) is 8.78 Å². The number of carbonyl (C=O) groups excluding carboxylic acids is 1. The van der Waals surface area contributed by atoms with Crippen LogP contribution < -0.4 is 10.9 Å². The zero-order chi connectivity index (χ0) is 22.6. The van der Waals surface area contributed by atoms with Crippen LogP contribution in [0, 0.1) is 18.6 Å². The number of halogens is 2. The van der Waals surface area contributed by atoms with E-state index in [4.69, 9.17) is 0 Å². The summed E-state index contributed by atoms with van der Waals surface area (Å²) in [6.45, 7) is 1.85. The van der Waals surface area contributed by atoms with E-state index in [-0.39, 0.29) is 28.9 Å². The van der Waals surface area contributed by atoms with Crippen molar-refractivity contribution in [1.82, 2.24) is 24.7 Å². The number of carbonyl (C=O) groups is 1. The Morgan fingerprint density at radius 1 is 1.03 bits per heavy atom. The van der Waals surface area contributed by atoms with Gasteiger partial charge in [-0.05, 0) is 61.2 Å². The zero-order valence-electron chi connectivity index (χ0n) is 17.4. The van der Waals surface area contributed by atoms with Gasteiger partial charge in [-0.2, -0.15) is 0 Å². The van der Waals surface area contributed by atoms with Crippen molar-refractivity contribution in [2.24, 2.45) is 7.05 Å². The van der Waals surface area contributed by atoms with Crippen molar-refractivity contribution in [2.45, 2.75) is 25.8 Å². The van der Waals surface area contributed by atoms with Crippen LogP contribution in [0.3, 0.4) is 0 Å². The Morgan fingerprint density at radius 3 is 2.53 bits per heavy atom. The van der Waals surface area contributed by atoms with Crippen LogP contribution in [0.1, 0.15) is 28.8 Å². The quantitative estimate of drug-likeness (QED) is 0.534. The standard InChI is InChI=1S/C23H19F2N5O2/c1-12-3-4-13(22(31)26-15-6-7-15)9-17(12)18-11-20-27-28-21(30(20)29(2)23(18)32)16-8-5-14(24)10-19(16)25/h3-5,8-11,15H,6-7H2,1-2H3,(H,26,31). The fourth-order valence-corrected chi connectivity index (χ4v) is 3.72. The van der Waals surface area contributed by atoms with E-state index in [0.717, 1.165) is 30.5 Å². The number of amides is 1. The molecule has 32 heavy (non-hydrogen) atoms. The van der Waals surface area contributed by atoms with Crippen LogP contribution in [0.25, 0.3) is 28.2 Å². The summed E-state index contributed by atoms with van der Waals surface area (Å²) in [6.07, 6.45) is 1.96. The molecular weight excluding hydrogens is 416 g/mol. The summed E-state index contributed by atoms with van der Waals surface area (Å²) >= 11 is 0. The molecule has 1 saturated carbocycles. The van der Waals surface area contributed by atoms with E-state index in [9.17, 15) is 18.4 Å². The molecule has 0 bridgehead atoms. The molecule has 1 N–H and O–H groups in total. The summed E-state index contributed by atoms with van der Waals surface area (Å²) in [7, 11) is 1.52. The number of fused-ring (bicyclic) bond motifs is 1. The maximum absolute atomic E-state index is 14.3. The van der Waals surface area contributed by atoms with Crippen molar-refractivity contribution in [3.8, 4) is 22.5 Å². The topological polar surface area (TPSA) is 81.3 Å². The van der Waals surface area contributed by atoms with E-state index in [0.29, 0.717) is 22.3 Å². The number of benzene rings is 2. The molecule has 0 saturated heterocycles. The summed E-state index contributed by atoms with van der Waals surface area (Å²) in [4.78, 5) is 25.7. The van der Waals surface area contributed by atoms with Gasteiger partial charge in [0.15, 0.2) is 11.5 Å². The van der Waals surface area contributed by atoms with E-state index in [1.807, 2.05) is 6.92 Å². The summed E-state index contributed by atoms with van der Waals surface area (Å²) < 4.78 is 30.3. The van der Waals surface area contributed by atoms with Gasteiger partial charge in [-0.3, -0.25) is 9.59 Å². The molecular formula is C23H19F2N5O2. The first kappa shape index (κ1) is 20.0. The second kappa shape index (κ2) is 7.37. The number of rotatable bonds is 4. The molecule has 0 spiro atoms. The highest BCUT2D eigenvalue weighted by molar-refractivity contribution is 5.96. The summed E-state index contributed by atoms with van der Waals surface area (Å²) in [5, 5.41) is 11.1. The van der Waals surface area contributed by atoms with Crippen LogP contribution in [0.15, 0.2) is 47.3 Å². The molecule has 9 heteroatoms. The van der Waals surface area contributed by atoms with Crippen LogP contribution in [-0.4, -0.2) is 31.3 Å². The monoisotopic (exact) mass is 435 g/mol. The van der Waals surface area contributed by atoms with Crippen molar-refractivity contribution in [2.75, 3.05) is 0 Å². The maximum atomic E-state index is 14.3. The molecule has 1 fully saturated rings. The van der Waals surface area contributed by atoms with Crippen molar-refractivity contribution >= 4 is 11.6 Å². The average molecular weight is 435 g/mol. The van der Waals surface area contributed by atoms with E-state index >= 15 is 0 Å². The minimum Gasteiger partial charge on any atom is -0.349 e. The fraction of sp³-hybridized carbons (Fsp3) is 0.217. The van der Waals surface area contributed by atoms with E-state index in [1.54, 1.807) is 24.3 Å². The first-order valence-electron chi connectivity index (χ1n) is 10.2. The molecule has 1 aliphatic carbocycles. The Balaban J connectivity index is 1.65. The first-order chi connectivity index (χ1) is 15.3. The van der Waals surface area contributed by atoms with Crippen molar-refractivity contribution < 1.29 is 13.6 Å². The predicted octanol–water partition coefficient (Wildman–Crippen LogP) is 3.24. The Labute approximate surface area is 181 Å². The predicted molar refractivity (Wildman–Crippen MR) is 114 cm³/mol. The number of aromatic nitrogens is 4. The molecule has 2 heterocycles. The molecule has 0 aliphatic heterocycles. The molecule has 2 aromatic carbocycles. The lowest BCUT2D eigenvalue weighted by Crippen LogP contribution is -2.26. The van der Waals surface area contributed by atoms with Crippen molar-refractivity contribution in [3.05, 3.63) is 75.6 Å². The van der Waals surface area contributed by atoms with Crippen LogP contribution in [0.5, 0.6) is 0 Å². The third-order valence-electron chi connectivity index (χ3n) is 5.64. The van der Waals surface area contributed by atoms with Gasteiger partial charge in [0, 0.05) is 24.7 Å². The second-order valence-corrected chi connectivity index (χ2v) is 7.98. The van der Waals surface area contributed by atoms with Gasteiger partial charge in [-0.15, -0.1) is 10.2 Å². The van der Waals surface area contributed by atoms with Crippen molar-refractivity contribution in [3.63, 3.8) is 0 Å². The molecule has 7 nitrogen and oxygen atoms in total. The Morgan fingerprint density at radius 2 is 1.81 bits per heavy atom. The van der Waals surface area contributed by atoms with Gasteiger partial charge in [0.05, 0.1) is 11.1 Å². The maximum Gasteiger partial charge on any atom is 0.273 e. The van der Waals surface area contributed by atoms with E-state index in [1.165, 1.54) is 22.3 Å². The highest BCUT2D eigenvalue weighted by Gasteiger charge is 2.24. The minimum absolute atomic E-state index is 0.0246. The Hall–Kier alpha value is -3.88. The van der Waals surface area contributed by atoms with Gasteiger partial charge in [0.1, 0.15) is 11.6 Å². The SMILES string of the molecule is Cc1ccc(C(=O)NC2CC2)cc1-c1cc2nnc(-c3ccc(F)cc3F)n2n(C)c1=O. The number of hydrogen-bond donors (Lipinski definition) is 1. The Bertz CT molecular complexity index is 1450. The lowest BCUT2D eigenvalue weighted by atomic mass is 9.99. The largest absolute Gasteiger partial charge is 0.349 e. The summed E-state index contributed by atoms with van der Waals surface area (Å²) in [5.41, 5.74) is 2.20. The average Bonchev–Trinajstić information content (AvgIpc) is 3.47. The molecule has 1 aliphatic rings. The fourth-order valence-electron chi connectivity index (χ4n) is 3.72. The molecule has 2 aromatic heterocycles. The van der Waals surface area contributed by atoms with Crippen LogP contribution >= 0.6 is 0 Å². The van der Waals surface area contributed by atoms with Gasteiger partial charge in [-0.25, -0.2) is 18.0 Å². The highest BCUT2D eigenvalue weighted by Crippen LogP contribution is 2.26. The lowest BCUT2D eigenvalue weighted by molar-refractivity contribution is 0.0951. The Kier molecular flexibility index (Phi) is 4.61. The van der Waals surface area contributed by atoms with Gasteiger partial charge >= 0.3 is 0 Å². The number of nitrogens with zero attached hydrogens (tertiary/aromatic N) is 4. The molecule has 5 rings (SSSR count). The molecule has 4 aromatic rings. The van der Waals surface area contributed by atoms with Crippen LogP contribution in [0.2, 0.25) is 0 Å². The molecule has 0 atom stereocenters. The van der Waals surface area contributed by atoms with Gasteiger partial charge < -0.3 is 5.32 Å². The van der Waals surface area contributed by atoms with Crippen molar-refractivity contribution in [1.29, 1.82) is 0 Å². The van der Waals surface area contributed by atoms with Gasteiger partial charge in [-0.1, -0.05) is 6.07 Å².